The van der Waals surface area contributed by atoms with Crippen molar-refractivity contribution in [1.29, 1.82) is 0 Å². The van der Waals surface area contributed by atoms with Crippen molar-refractivity contribution in [3.8, 4) is 0 Å². The molecule has 0 unspecified atom stereocenters. The fraction of sp³-hybridized carbons (Fsp3) is 0.625. The SMILES string of the molecule is CCCc1nc(C)c(CNC(=O)N2CCNC(=O)[C@@H]2CC(=O)NC)s1. The first-order valence-corrected chi connectivity index (χ1v) is 9.25. The molecule has 1 fully saturated rings. The summed E-state index contributed by atoms with van der Waals surface area (Å²) in [5.41, 5.74) is 0.923. The van der Waals surface area contributed by atoms with E-state index in [0.717, 1.165) is 28.4 Å². The molecule has 138 valence electrons. The number of carbonyl (C=O) groups is 3. The molecule has 3 N–H and O–H groups in total. The van der Waals surface area contributed by atoms with E-state index in [1.165, 1.54) is 11.9 Å². The van der Waals surface area contributed by atoms with Crippen molar-refractivity contribution >= 4 is 29.2 Å². The van der Waals surface area contributed by atoms with E-state index < -0.39 is 6.04 Å². The van der Waals surface area contributed by atoms with E-state index >= 15 is 0 Å². The molecule has 1 aliphatic heterocycles. The van der Waals surface area contributed by atoms with Gasteiger partial charge in [0.1, 0.15) is 6.04 Å². The summed E-state index contributed by atoms with van der Waals surface area (Å²) >= 11 is 1.60. The molecular formula is C16H25N5O3S. The van der Waals surface area contributed by atoms with Crippen molar-refractivity contribution < 1.29 is 14.4 Å². The standard InChI is InChI=1S/C16H25N5O3S/c1-4-5-14-20-10(2)12(25-14)9-19-16(24)21-7-6-18-15(23)11(21)8-13(22)17-3/h11H,4-9H2,1-3H3,(H,17,22)(H,18,23)(H,19,24)/t11-/m0/s1. The van der Waals surface area contributed by atoms with Gasteiger partial charge in [-0.05, 0) is 19.8 Å². The highest BCUT2D eigenvalue weighted by atomic mass is 32.1. The summed E-state index contributed by atoms with van der Waals surface area (Å²) in [4.78, 5) is 43.1. The average Bonchev–Trinajstić information content (AvgIpc) is 2.94. The molecule has 1 atom stereocenters. The number of aromatic nitrogens is 1. The third-order valence-electron chi connectivity index (χ3n) is 4.05. The van der Waals surface area contributed by atoms with E-state index in [2.05, 4.69) is 27.9 Å². The lowest BCUT2D eigenvalue weighted by Gasteiger charge is -2.34. The molecule has 0 aromatic carbocycles. The Morgan fingerprint density at radius 2 is 2.20 bits per heavy atom. The molecule has 25 heavy (non-hydrogen) atoms. The number of nitrogens with zero attached hydrogens (tertiary/aromatic N) is 2. The van der Waals surface area contributed by atoms with Crippen LogP contribution in [0.4, 0.5) is 4.79 Å². The summed E-state index contributed by atoms with van der Waals surface area (Å²) < 4.78 is 0. The normalized spacial score (nSPS) is 17.2. The predicted molar refractivity (Wildman–Crippen MR) is 95.3 cm³/mol. The summed E-state index contributed by atoms with van der Waals surface area (Å²) in [5, 5.41) is 9.11. The highest BCUT2D eigenvalue weighted by molar-refractivity contribution is 7.11. The van der Waals surface area contributed by atoms with Crippen LogP contribution in [0.1, 0.15) is 35.3 Å². The Balaban J connectivity index is 2.00. The van der Waals surface area contributed by atoms with Gasteiger partial charge in [-0.3, -0.25) is 9.59 Å². The van der Waals surface area contributed by atoms with E-state index in [1.807, 2.05) is 6.92 Å². The molecule has 0 aliphatic carbocycles. The molecule has 0 spiro atoms. The largest absolute Gasteiger partial charge is 0.359 e. The van der Waals surface area contributed by atoms with Gasteiger partial charge in [0.05, 0.1) is 23.7 Å². The topological polar surface area (TPSA) is 103 Å². The lowest BCUT2D eigenvalue weighted by molar-refractivity contribution is -0.132. The van der Waals surface area contributed by atoms with Crippen molar-refractivity contribution in [2.75, 3.05) is 20.1 Å². The highest BCUT2D eigenvalue weighted by Gasteiger charge is 2.34. The van der Waals surface area contributed by atoms with Crippen molar-refractivity contribution in [2.45, 2.75) is 45.7 Å². The lowest BCUT2D eigenvalue weighted by Crippen LogP contribution is -2.60. The Kier molecular flexibility index (Phi) is 6.74. The highest BCUT2D eigenvalue weighted by Crippen LogP contribution is 2.19. The van der Waals surface area contributed by atoms with E-state index in [0.29, 0.717) is 19.6 Å². The Labute approximate surface area is 151 Å². The minimum Gasteiger partial charge on any atom is -0.359 e. The third-order valence-corrected chi connectivity index (χ3v) is 5.27. The molecule has 8 nitrogen and oxygen atoms in total. The fourth-order valence-electron chi connectivity index (χ4n) is 2.67. The Bertz CT molecular complexity index is 646. The number of rotatable bonds is 6. The van der Waals surface area contributed by atoms with Crippen molar-refractivity contribution in [3.05, 3.63) is 15.6 Å². The number of aryl methyl sites for hydroxylation is 2. The van der Waals surface area contributed by atoms with Crippen LogP contribution >= 0.6 is 11.3 Å². The summed E-state index contributed by atoms with van der Waals surface area (Å²) in [6.45, 7) is 5.17. The Morgan fingerprint density at radius 1 is 1.44 bits per heavy atom. The summed E-state index contributed by atoms with van der Waals surface area (Å²) in [5.74, 6) is -0.577. The van der Waals surface area contributed by atoms with Gasteiger partial charge in [-0.2, -0.15) is 0 Å². The van der Waals surface area contributed by atoms with Gasteiger partial charge in [0.15, 0.2) is 0 Å². The van der Waals surface area contributed by atoms with Crippen LogP contribution in [0.5, 0.6) is 0 Å². The molecule has 1 aromatic rings. The maximum absolute atomic E-state index is 12.5. The van der Waals surface area contributed by atoms with Crippen molar-refractivity contribution in [1.82, 2.24) is 25.8 Å². The van der Waals surface area contributed by atoms with Crippen molar-refractivity contribution in [3.63, 3.8) is 0 Å². The minimum absolute atomic E-state index is 0.0456. The van der Waals surface area contributed by atoms with E-state index in [9.17, 15) is 14.4 Å². The maximum atomic E-state index is 12.5. The van der Waals surface area contributed by atoms with E-state index in [1.54, 1.807) is 11.3 Å². The zero-order valence-corrected chi connectivity index (χ0v) is 15.7. The number of thiazole rings is 1. The number of hydrogen-bond donors (Lipinski definition) is 3. The summed E-state index contributed by atoms with van der Waals surface area (Å²) in [7, 11) is 1.51. The maximum Gasteiger partial charge on any atom is 0.318 e. The van der Waals surface area contributed by atoms with Crippen LogP contribution in [-0.2, 0) is 22.6 Å². The second kappa shape index (κ2) is 8.80. The zero-order valence-electron chi connectivity index (χ0n) is 14.8. The number of piperazine rings is 1. The zero-order chi connectivity index (χ0) is 18.4. The van der Waals surface area contributed by atoms with Crippen LogP contribution in [0, 0.1) is 6.92 Å². The van der Waals surface area contributed by atoms with Crippen LogP contribution in [0.3, 0.4) is 0 Å². The van der Waals surface area contributed by atoms with Crippen LogP contribution in [0.2, 0.25) is 0 Å². The van der Waals surface area contributed by atoms with Crippen LogP contribution in [0.15, 0.2) is 0 Å². The summed E-state index contributed by atoms with van der Waals surface area (Å²) in [6, 6.07) is -1.12. The van der Waals surface area contributed by atoms with Gasteiger partial charge in [-0.1, -0.05) is 6.92 Å². The first kappa shape index (κ1) is 19.2. The number of nitrogens with one attached hydrogen (secondary N) is 3. The third kappa shape index (κ3) is 4.91. The first-order valence-electron chi connectivity index (χ1n) is 8.44. The predicted octanol–water partition coefficient (Wildman–Crippen LogP) is 0.550. The molecule has 1 aromatic heterocycles. The molecule has 2 rings (SSSR count). The van der Waals surface area contributed by atoms with Gasteiger partial charge in [0, 0.05) is 25.0 Å². The Hall–Kier alpha value is -2.16. The van der Waals surface area contributed by atoms with Crippen LogP contribution in [-0.4, -0.2) is 53.9 Å². The smallest absolute Gasteiger partial charge is 0.318 e. The molecule has 4 amide bonds. The van der Waals surface area contributed by atoms with E-state index in [4.69, 9.17) is 0 Å². The average molecular weight is 367 g/mol. The quantitative estimate of drug-likeness (QED) is 0.683. The number of amides is 4. The molecule has 2 heterocycles. The van der Waals surface area contributed by atoms with Gasteiger partial charge in [-0.15, -0.1) is 11.3 Å². The molecule has 1 saturated heterocycles. The molecule has 1 aliphatic rings. The fourth-order valence-corrected chi connectivity index (χ4v) is 3.78. The number of carbonyl (C=O) groups excluding carboxylic acids is 3. The van der Waals surface area contributed by atoms with Gasteiger partial charge in [0.25, 0.3) is 0 Å². The van der Waals surface area contributed by atoms with Crippen LogP contribution < -0.4 is 16.0 Å². The number of hydrogen-bond acceptors (Lipinski definition) is 5. The van der Waals surface area contributed by atoms with Gasteiger partial charge >= 0.3 is 6.03 Å². The second-order valence-corrected chi connectivity index (χ2v) is 7.07. The first-order chi connectivity index (χ1) is 12.0. The summed E-state index contributed by atoms with van der Waals surface area (Å²) in [6.07, 6.45) is 1.92. The van der Waals surface area contributed by atoms with Crippen molar-refractivity contribution in [2.24, 2.45) is 0 Å². The monoisotopic (exact) mass is 367 g/mol. The minimum atomic E-state index is -0.785. The molecule has 0 bridgehead atoms. The molecular weight excluding hydrogens is 342 g/mol. The van der Waals surface area contributed by atoms with Gasteiger partial charge in [-0.25, -0.2) is 9.78 Å². The Morgan fingerprint density at radius 3 is 2.88 bits per heavy atom. The van der Waals surface area contributed by atoms with Crippen LogP contribution in [0.25, 0.3) is 0 Å². The molecule has 0 saturated carbocycles. The number of urea groups is 1. The molecule has 9 heteroatoms. The second-order valence-electron chi connectivity index (χ2n) is 5.90. The molecule has 0 radical (unpaired) electrons. The van der Waals surface area contributed by atoms with Gasteiger partial charge in [0.2, 0.25) is 11.8 Å². The lowest BCUT2D eigenvalue weighted by atomic mass is 10.1. The van der Waals surface area contributed by atoms with Gasteiger partial charge < -0.3 is 20.9 Å². The van der Waals surface area contributed by atoms with E-state index in [-0.39, 0.29) is 24.3 Å².